The van der Waals surface area contributed by atoms with Gasteiger partial charge in [-0.2, -0.15) is 30.3 Å². The molecule has 0 bridgehead atoms. The third-order valence-electron chi connectivity index (χ3n) is 14.1. The Morgan fingerprint density at radius 1 is 0.301 bits per heavy atom. The molecule has 0 radical (unpaired) electrons. The molecular formula is C75H134N18. The zero-order valence-corrected chi connectivity index (χ0v) is 62.9. The van der Waals surface area contributed by atoms with Gasteiger partial charge in [0.2, 0.25) is 0 Å². The maximum Gasteiger partial charge on any atom is 0.153 e. The highest BCUT2D eigenvalue weighted by Crippen LogP contribution is 2.20. The highest BCUT2D eigenvalue weighted by Gasteiger charge is 2.11. The molecule has 0 aliphatic heterocycles. The van der Waals surface area contributed by atoms with Crippen LogP contribution >= 0.6 is 0 Å². The summed E-state index contributed by atoms with van der Waals surface area (Å²) in [4.78, 5) is 27.9. The van der Waals surface area contributed by atoms with Gasteiger partial charge in [0.15, 0.2) is 5.82 Å². The Balaban J connectivity index is 0. The van der Waals surface area contributed by atoms with Crippen molar-refractivity contribution in [1.29, 1.82) is 0 Å². The van der Waals surface area contributed by atoms with Crippen LogP contribution in [0, 0.1) is 0 Å². The quantitative estimate of drug-likeness (QED) is 0.0888. The Morgan fingerprint density at radius 2 is 0.731 bits per heavy atom. The van der Waals surface area contributed by atoms with E-state index >= 15 is 0 Å². The number of hydrogen-bond acceptors (Lipinski definition) is 13. The monoisotopic (exact) mass is 1290 g/mol. The predicted molar refractivity (Wildman–Crippen MR) is 393 cm³/mol. The molecule has 8 heterocycles. The minimum atomic E-state index is 0. The first kappa shape index (κ1) is 88.2. The first-order valence-electron chi connectivity index (χ1n) is 33.8. The largest absolute Gasteiger partial charge is 0.270 e. The number of nitrogens with zero attached hydrogens (tertiary/aromatic N) is 18. The molecule has 8 rings (SSSR count). The molecule has 0 N–H and O–H groups in total. The SMILES string of the molecule is C.C.CC(C)c1cccc(C(C)C)n1.CC(C)c1ccn(C(C)C)n1.CC(C)c1cn(C(C)C)nn1.CC(C)c1cnc(C(C)C)cn1.CC(C)c1cncc(C(C)C)n1.CC(C)c1cnn(C(C)C)c1.CC(C)c1cnn(C(C)C)n1.CC(C)c1ncn(C(C)C)n1. The third kappa shape index (κ3) is 33.7. The Hall–Kier alpha value is -6.85. The molecule has 524 valence electrons. The van der Waals surface area contributed by atoms with Gasteiger partial charge in [0, 0.05) is 84.9 Å². The van der Waals surface area contributed by atoms with Crippen LogP contribution in [0.25, 0.3) is 0 Å². The summed E-state index contributed by atoms with van der Waals surface area (Å²) in [5, 5.41) is 29.5. The molecule has 0 spiro atoms. The van der Waals surface area contributed by atoms with Crippen LogP contribution in [-0.4, -0.2) is 89.2 Å². The van der Waals surface area contributed by atoms with Crippen LogP contribution in [-0.2, 0) is 0 Å². The van der Waals surface area contributed by atoms with Crippen molar-refractivity contribution in [3.63, 3.8) is 0 Å². The van der Waals surface area contributed by atoms with Gasteiger partial charge in [-0.1, -0.05) is 178 Å². The summed E-state index contributed by atoms with van der Waals surface area (Å²) >= 11 is 0. The van der Waals surface area contributed by atoms with Crippen molar-refractivity contribution in [3.05, 3.63) is 149 Å². The maximum atomic E-state index is 4.57. The topological polar surface area (TPSA) is 192 Å². The summed E-state index contributed by atoms with van der Waals surface area (Å²) in [6, 6.07) is 10.5. The van der Waals surface area contributed by atoms with Crippen molar-refractivity contribution in [2.75, 3.05) is 0 Å². The first-order chi connectivity index (χ1) is 42.4. The Kier molecular flexibility index (Phi) is 42.4. The van der Waals surface area contributed by atoms with Crippen molar-refractivity contribution >= 4 is 0 Å². The summed E-state index contributed by atoms with van der Waals surface area (Å²) in [7, 11) is 0. The predicted octanol–water partition coefficient (Wildman–Crippen LogP) is 21.2. The van der Waals surface area contributed by atoms with Gasteiger partial charge < -0.3 is 0 Å². The molecule has 0 atom stereocenters. The van der Waals surface area contributed by atoms with E-state index in [4.69, 9.17) is 0 Å². The highest BCUT2D eigenvalue weighted by molar-refractivity contribution is 5.16. The van der Waals surface area contributed by atoms with Crippen LogP contribution in [0.15, 0.2) is 86.4 Å². The van der Waals surface area contributed by atoms with E-state index in [-0.39, 0.29) is 14.9 Å². The van der Waals surface area contributed by atoms with Crippen LogP contribution in [0.2, 0.25) is 0 Å². The number of aromatic nitrogens is 18. The van der Waals surface area contributed by atoms with Crippen molar-refractivity contribution in [1.82, 2.24) is 89.2 Å². The fourth-order valence-corrected chi connectivity index (χ4v) is 7.30. The van der Waals surface area contributed by atoms with Crippen LogP contribution in [0.4, 0.5) is 0 Å². The Bertz CT molecular complexity index is 2580. The minimum absolute atomic E-state index is 0. The second-order valence-electron chi connectivity index (χ2n) is 28.2. The second kappa shape index (κ2) is 44.7. The van der Waals surface area contributed by atoms with E-state index in [0.29, 0.717) is 95.3 Å². The van der Waals surface area contributed by atoms with Gasteiger partial charge in [0.25, 0.3) is 0 Å². The van der Waals surface area contributed by atoms with Crippen molar-refractivity contribution in [2.45, 2.75) is 332 Å². The molecule has 8 aromatic heterocycles. The van der Waals surface area contributed by atoms with E-state index in [0.717, 1.165) is 40.0 Å². The standard InChI is InChI=1S/C11H17N.2C10H16N2.2C9H16N2.3C8H15N3.2CH4/c1-8(2)10-6-5-7-11(12-10)9(3)4;1-7(2)9-5-12-10(6-11-9)8(3)4;1-7(2)9-5-11-6-10(12-9)8(3)4;1-7(2)9-5-10-11(6-9)8(3)4;1-7(2)9-5-6-11(10-9)8(3)4;1-6(2)8-9-5-11(10-8)7(3)4;1-6(2)8-5-11(7(3)4)10-9-8;1-6(2)8-5-9-11(10-8)7(3)4;;/h5-9H,1-4H3;2*5-8H,1-4H3;2*5-8H,1-4H3;3*5-7H,1-4H3;2*1H4. The van der Waals surface area contributed by atoms with Crippen LogP contribution in [0.3, 0.4) is 0 Å². The van der Waals surface area contributed by atoms with Crippen molar-refractivity contribution < 1.29 is 0 Å². The summed E-state index contributed by atoms with van der Waals surface area (Å²) in [5.41, 5.74) is 11.3. The van der Waals surface area contributed by atoms with E-state index in [1.165, 1.54) is 22.6 Å². The molecule has 0 aliphatic carbocycles. The van der Waals surface area contributed by atoms with Gasteiger partial charge in [0.1, 0.15) is 6.33 Å². The van der Waals surface area contributed by atoms with Gasteiger partial charge >= 0.3 is 0 Å². The Labute approximate surface area is 567 Å². The fourth-order valence-electron chi connectivity index (χ4n) is 7.30. The van der Waals surface area contributed by atoms with Gasteiger partial charge in [-0.15, -0.1) is 5.10 Å². The number of rotatable bonds is 16. The zero-order chi connectivity index (χ0) is 69.6. The molecular weight excluding hydrogens is 1150 g/mol. The van der Waals surface area contributed by atoms with Gasteiger partial charge in [-0.05, 0) is 152 Å². The van der Waals surface area contributed by atoms with Crippen molar-refractivity contribution in [3.8, 4) is 0 Å². The molecule has 18 heteroatoms. The van der Waals surface area contributed by atoms with E-state index in [1.807, 2.05) is 68.3 Å². The van der Waals surface area contributed by atoms with E-state index < -0.39 is 0 Å². The molecule has 0 amide bonds. The molecule has 0 aromatic carbocycles. The molecule has 0 fully saturated rings. The number of pyridine rings is 1. The molecule has 0 saturated heterocycles. The fraction of sp³-hybridized carbons (Fsp3) is 0.667. The smallest absolute Gasteiger partial charge is 0.153 e. The molecule has 0 aliphatic rings. The molecule has 18 nitrogen and oxygen atoms in total. The lowest BCUT2D eigenvalue weighted by Gasteiger charge is -2.08. The van der Waals surface area contributed by atoms with Gasteiger partial charge in [-0.25, -0.2) is 9.67 Å². The van der Waals surface area contributed by atoms with E-state index in [9.17, 15) is 0 Å². The lowest BCUT2D eigenvalue weighted by molar-refractivity contribution is 0.461. The van der Waals surface area contributed by atoms with Gasteiger partial charge in [0.05, 0.1) is 58.3 Å². The highest BCUT2D eigenvalue weighted by atomic mass is 15.5. The third-order valence-corrected chi connectivity index (χ3v) is 14.1. The molecule has 0 saturated carbocycles. The summed E-state index contributed by atoms with van der Waals surface area (Å²) in [5.74, 6) is 6.37. The summed E-state index contributed by atoms with van der Waals surface area (Å²) < 4.78 is 7.76. The zero-order valence-electron chi connectivity index (χ0n) is 62.9. The maximum absolute atomic E-state index is 4.57. The van der Waals surface area contributed by atoms with Crippen LogP contribution < -0.4 is 0 Å². The average molecular weight is 1290 g/mol. The van der Waals surface area contributed by atoms with E-state index in [2.05, 4.69) is 318 Å². The summed E-state index contributed by atoms with van der Waals surface area (Å²) in [6.45, 7) is 68.2. The summed E-state index contributed by atoms with van der Waals surface area (Å²) in [6.07, 6.45) is 19.2. The molecule has 93 heavy (non-hydrogen) atoms. The normalized spacial score (nSPS) is 11.1. The van der Waals surface area contributed by atoms with Crippen molar-refractivity contribution in [2.24, 2.45) is 0 Å². The minimum Gasteiger partial charge on any atom is -0.270 e. The molecule has 8 aromatic rings. The van der Waals surface area contributed by atoms with E-state index in [1.54, 1.807) is 11.1 Å². The Morgan fingerprint density at radius 3 is 1.00 bits per heavy atom. The van der Waals surface area contributed by atoms with Crippen LogP contribution in [0.5, 0.6) is 0 Å². The number of hydrogen-bond donors (Lipinski definition) is 0. The van der Waals surface area contributed by atoms with Crippen LogP contribution in [0.1, 0.15) is 394 Å². The van der Waals surface area contributed by atoms with Gasteiger partial charge in [-0.3, -0.25) is 39.0 Å². The second-order valence-corrected chi connectivity index (χ2v) is 28.2. The average Bonchev–Trinajstić information content (AvgIpc) is 2.17. The lowest BCUT2D eigenvalue weighted by atomic mass is 10.1. The lowest BCUT2D eigenvalue weighted by Crippen LogP contribution is -2.05. The molecule has 0 unspecified atom stereocenters. The first-order valence-corrected chi connectivity index (χ1v) is 33.8.